The number of fused-ring (bicyclic) bond motifs is 1. The second-order valence-electron chi connectivity index (χ2n) is 9.71. The first kappa shape index (κ1) is 26.3. The van der Waals surface area contributed by atoms with Gasteiger partial charge in [-0.1, -0.05) is 13.0 Å². The molecule has 3 N–H and O–H groups in total. The maximum Gasteiger partial charge on any atom is 0.259 e. The third-order valence-electron chi connectivity index (χ3n) is 7.18. The van der Waals surface area contributed by atoms with Crippen molar-refractivity contribution in [2.24, 2.45) is 0 Å². The Balaban J connectivity index is 1.39. The summed E-state index contributed by atoms with van der Waals surface area (Å²) in [6.07, 6.45) is 6.65. The molecule has 39 heavy (non-hydrogen) atoms. The molecule has 1 saturated heterocycles. The lowest BCUT2D eigenvalue weighted by atomic mass is 9.86. The van der Waals surface area contributed by atoms with Crippen LogP contribution in [0.5, 0.6) is 5.88 Å². The number of nitrogens with zero attached hydrogens (tertiary/aromatic N) is 4. The van der Waals surface area contributed by atoms with E-state index in [1.54, 1.807) is 12.4 Å². The number of piperidine rings is 1. The third-order valence-corrected chi connectivity index (χ3v) is 7.18. The first-order chi connectivity index (χ1) is 19.0. The van der Waals surface area contributed by atoms with Crippen LogP contribution in [-0.4, -0.2) is 64.0 Å². The minimum atomic E-state index is -0.227. The average molecular weight is 528 g/mol. The van der Waals surface area contributed by atoms with Crippen LogP contribution in [0.2, 0.25) is 0 Å². The molecule has 0 unspecified atom stereocenters. The zero-order chi connectivity index (χ0) is 27.4. The van der Waals surface area contributed by atoms with Crippen LogP contribution < -0.4 is 20.9 Å². The van der Waals surface area contributed by atoms with Gasteiger partial charge in [0.1, 0.15) is 11.5 Å². The van der Waals surface area contributed by atoms with Gasteiger partial charge in [-0.05, 0) is 73.0 Å². The fourth-order valence-electron chi connectivity index (χ4n) is 5.14. The fourth-order valence-corrected chi connectivity index (χ4v) is 5.14. The zero-order valence-electron chi connectivity index (χ0n) is 22.5. The van der Waals surface area contributed by atoms with E-state index in [0.29, 0.717) is 40.9 Å². The van der Waals surface area contributed by atoms with Gasteiger partial charge >= 0.3 is 0 Å². The van der Waals surface area contributed by atoms with E-state index in [1.165, 1.54) is 18.9 Å². The number of nitrogens with one attached hydrogen (secondary N) is 3. The monoisotopic (exact) mass is 527 g/mol. The number of aromatic nitrogens is 4. The first-order valence-electron chi connectivity index (χ1n) is 13.2. The number of amides is 1. The van der Waals surface area contributed by atoms with Crippen molar-refractivity contribution in [1.82, 2.24) is 30.2 Å². The molecule has 0 radical (unpaired) electrons. The highest BCUT2D eigenvalue weighted by atomic mass is 16.5. The van der Waals surface area contributed by atoms with Gasteiger partial charge in [0, 0.05) is 25.0 Å². The van der Waals surface area contributed by atoms with Gasteiger partial charge in [-0.25, -0.2) is 9.97 Å². The van der Waals surface area contributed by atoms with Crippen molar-refractivity contribution in [3.8, 4) is 17.3 Å². The van der Waals surface area contributed by atoms with Gasteiger partial charge < -0.3 is 25.3 Å². The fraction of sp³-hybridized carbons (Fsp3) is 0.345. The Morgan fingerprint density at radius 1 is 1.13 bits per heavy atom. The number of rotatable bonds is 8. The molecule has 4 aromatic rings. The molecule has 0 atom stereocenters. The van der Waals surface area contributed by atoms with Crippen molar-refractivity contribution in [1.29, 1.82) is 0 Å². The largest absolute Gasteiger partial charge is 0.480 e. The van der Waals surface area contributed by atoms with Crippen molar-refractivity contribution in [3.63, 3.8) is 0 Å². The molecule has 0 bridgehead atoms. The molecule has 0 aliphatic carbocycles. The average Bonchev–Trinajstić information content (AvgIpc) is 2.96. The Morgan fingerprint density at radius 3 is 2.69 bits per heavy atom. The summed E-state index contributed by atoms with van der Waals surface area (Å²) in [6.45, 7) is 6.84. The molecule has 10 heteroatoms. The van der Waals surface area contributed by atoms with E-state index < -0.39 is 0 Å². The summed E-state index contributed by atoms with van der Waals surface area (Å²) in [4.78, 5) is 43.3. The molecular weight excluding hydrogens is 494 g/mol. The van der Waals surface area contributed by atoms with E-state index in [0.717, 1.165) is 49.1 Å². The van der Waals surface area contributed by atoms with Crippen LogP contribution in [0.25, 0.3) is 22.2 Å². The Hall–Kier alpha value is -4.31. The summed E-state index contributed by atoms with van der Waals surface area (Å²) in [5.41, 5.74) is 4.17. The molecule has 202 valence electrons. The van der Waals surface area contributed by atoms with Gasteiger partial charge in [0.2, 0.25) is 11.8 Å². The number of anilines is 2. The van der Waals surface area contributed by atoms with Crippen molar-refractivity contribution < 1.29 is 9.53 Å². The van der Waals surface area contributed by atoms with Crippen molar-refractivity contribution in [2.75, 3.05) is 38.6 Å². The van der Waals surface area contributed by atoms with E-state index >= 15 is 0 Å². The number of H-pyrrole nitrogens is 1. The molecule has 1 amide bonds. The van der Waals surface area contributed by atoms with E-state index in [2.05, 4.69) is 44.6 Å². The molecule has 10 nitrogen and oxygen atoms in total. The number of carbonyl (C=O) groups is 1. The van der Waals surface area contributed by atoms with E-state index in [-0.39, 0.29) is 11.5 Å². The number of hydrogen-bond donors (Lipinski definition) is 3. The maximum absolute atomic E-state index is 12.8. The maximum atomic E-state index is 12.8. The van der Waals surface area contributed by atoms with Gasteiger partial charge in [0.15, 0.2) is 0 Å². The van der Waals surface area contributed by atoms with Crippen LogP contribution >= 0.6 is 0 Å². The molecule has 1 aromatic carbocycles. The summed E-state index contributed by atoms with van der Waals surface area (Å²) in [7, 11) is 1.54. The highest BCUT2D eigenvalue weighted by molar-refractivity contribution is 5.95. The van der Waals surface area contributed by atoms with E-state index in [9.17, 15) is 9.59 Å². The highest BCUT2D eigenvalue weighted by Crippen LogP contribution is 2.33. The van der Waals surface area contributed by atoms with Gasteiger partial charge in [0.05, 0.1) is 37.1 Å². The molecule has 1 aliphatic heterocycles. The number of benzene rings is 1. The minimum Gasteiger partial charge on any atom is -0.480 e. The summed E-state index contributed by atoms with van der Waals surface area (Å²) in [5.74, 6) is 1.39. The Morgan fingerprint density at radius 2 is 1.95 bits per heavy atom. The number of hydrogen-bond acceptors (Lipinski definition) is 8. The van der Waals surface area contributed by atoms with Crippen LogP contribution in [0.15, 0.2) is 53.7 Å². The van der Waals surface area contributed by atoms with Crippen LogP contribution in [0.4, 0.5) is 11.5 Å². The third kappa shape index (κ3) is 5.75. The molecule has 3 aromatic heterocycles. The number of pyridine rings is 2. The van der Waals surface area contributed by atoms with Crippen molar-refractivity contribution in [2.45, 2.75) is 32.6 Å². The molecule has 5 rings (SSSR count). The number of methoxy groups -OCH3 is 1. The Bertz CT molecular complexity index is 1540. The lowest BCUT2D eigenvalue weighted by Crippen LogP contribution is -2.42. The Labute approximate surface area is 226 Å². The lowest BCUT2D eigenvalue weighted by Gasteiger charge is -2.33. The van der Waals surface area contributed by atoms with Gasteiger partial charge in [-0.15, -0.1) is 0 Å². The summed E-state index contributed by atoms with van der Waals surface area (Å²) < 4.78 is 5.22. The number of aromatic amines is 1. The molecule has 1 fully saturated rings. The molecule has 0 saturated carbocycles. The molecule has 1 aliphatic rings. The second-order valence-corrected chi connectivity index (χ2v) is 9.71. The summed E-state index contributed by atoms with van der Waals surface area (Å²) in [6, 6.07) is 9.91. The number of likely N-dealkylation sites (tertiary alicyclic amines) is 1. The zero-order valence-corrected chi connectivity index (χ0v) is 22.5. The van der Waals surface area contributed by atoms with Crippen molar-refractivity contribution >= 4 is 28.2 Å². The highest BCUT2D eigenvalue weighted by Gasteiger charge is 2.24. The van der Waals surface area contributed by atoms with Crippen LogP contribution in [-0.2, 0) is 4.79 Å². The standard InChI is InChI=1S/C29H33N7O3/c1-4-30-17-26(37)36-11-8-19(9-12-36)22-6-5-21(13-18(22)2)33-28-27-20(7-10-32-29(27)38)14-23(35-28)24-15-31-16-25(34-24)39-3/h5-7,10,13-16,19,30H,4,8-9,11-12,17H2,1-3H3,(H,32,38)(H,33,35). The normalized spacial score (nSPS) is 14.0. The van der Waals surface area contributed by atoms with E-state index in [1.807, 2.05) is 30.0 Å². The molecular formula is C29H33N7O3. The first-order valence-corrected chi connectivity index (χ1v) is 13.2. The molecule has 0 spiro atoms. The van der Waals surface area contributed by atoms with Crippen LogP contribution in [0, 0.1) is 6.92 Å². The number of carbonyl (C=O) groups excluding carboxylic acids is 1. The van der Waals surface area contributed by atoms with Crippen LogP contribution in [0.3, 0.4) is 0 Å². The predicted molar refractivity (Wildman–Crippen MR) is 152 cm³/mol. The van der Waals surface area contributed by atoms with Crippen molar-refractivity contribution in [3.05, 3.63) is 70.4 Å². The quantitative estimate of drug-likeness (QED) is 0.316. The summed E-state index contributed by atoms with van der Waals surface area (Å²) >= 11 is 0. The van der Waals surface area contributed by atoms with E-state index in [4.69, 9.17) is 9.72 Å². The van der Waals surface area contributed by atoms with Gasteiger partial charge in [-0.3, -0.25) is 14.6 Å². The summed E-state index contributed by atoms with van der Waals surface area (Å²) in [5, 5.41) is 7.69. The lowest BCUT2D eigenvalue weighted by molar-refractivity contribution is -0.131. The molecule has 4 heterocycles. The SMILES string of the molecule is CCNCC(=O)N1CCC(c2ccc(Nc3nc(-c4cncc(OC)n4)cc4cc[nH]c(=O)c34)cc2C)CC1. The minimum absolute atomic E-state index is 0.170. The number of aryl methyl sites for hydroxylation is 1. The smallest absolute Gasteiger partial charge is 0.259 e. The second kappa shape index (κ2) is 11.6. The predicted octanol–water partition coefficient (Wildman–Crippen LogP) is 3.76. The van der Waals surface area contributed by atoms with Crippen LogP contribution in [0.1, 0.15) is 36.8 Å². The number of ether oxygens (including phenoxy) is 1. The number of likely N-dealkylation sites (N-methyl/N-ethyl adjacent to an activating group) is 1. The van der Waals surface area contributed by atoms with Gasteiger partial charge in [0.25, 0.3) is 5.56 Å². The Kier molecular flexibility index (Phi) is 7.83. The topological polar surface area (TPSA) is 125 Å². The van der Waals surface area contributed by atoms with Gasteiger partial charge in [-0.2, -0.15) is 0 Å².